The summed E-state index contributed by atoms with van der Waals surface area (Å²) in [6.45, 7) is 0.964. The molecule has 174 valence electrons. The number of alkyl halides is 2. The van der Waals surface area contributed by atoms with E-state index < -0.39 is 12.2 Å². The van der Waals surface area contributed by atoms with Gasteiger partial charge in [-0.2, -0.15) is 0 Å². The molecule has 1 saturated heterocycles. The molecule has 2 aromatic heterocycles. The second-order valence-electron chi connectivity index (χ2n) is 8.18. The maximum Gasteiger partial charge on any atom is 0.324 e. The molecular formula is C24H21F3N6O. The molecule has 0 radical (unpaired) electrons. The highest BCUT2D eigenvalue weighted by Crippen LogP contribution is 2.35. The Balaban J connectivity index is 1.39. The Bertz CT molecular complexity index is 1400. The number of rotatable bonds is 5. The predicted octanol–water partition coefficient (Wildman–Crippen LogP) is 4.74. The van der Waals surface area contributed by atoms with E-state index in [1.54, 1.807) is 47.0 Å². The molecule has 0 bridgehead atoms. The number of hydrogen-bond donors (Lipinski definition) is 1. The molecule has 7 nitrogen and oxygen atoms in total. The summed E-state index contributed by atoms with van der Waals surface area (Å²) < 4.78 is 43.0. The second kappa shape index (κ2) is 8.36. The fraction of sp³-hybridized carbons (Fsp3) is 0.208. The van der Waals surface area contributed by atoms with Crippen LogP contribution in [0.1, 0.15) is 17.6 Å². The number of benzene rings is 2. The summed E-state index contributed by atoms with van der Waals surface area (Å²) in [5, 5.41) is 0.561. The van der Waals surface area contributed by atoms with Gasteiger partial charge in [0.2, 0.25) is 0 Å². The molecule has 3 heterocycles. The minimum Gasteiger partial charge on any atom is -0.383 e. The Morgan fingerprint density at radius 3 is 2.68 bits per heavy atom. The summed E-state index contributed by atoms with van der Waals surface area (Å²) >= 11 is 0. The van der Waals surface area contributed by atoms with E-state index >= 15 is 4.39 Å². The number of nitrogens with zero attached hydrogens (tertiary/aromatic N) is 5. The lowest BCUT2D eigenvalue weighted by Gasteiger charge is -2.19. The van der Waals surface area contributed by atoms with Crippen molar-refractivity contribution in [3.63, 3.8) is 0 Å². The molecule has 5 rings (SSSR count). The fourth-order valence-electron chi connectivity index (χ4n) is 4.35. The lowest BCUT2D eigenvalue weighted by Crippen LogP contribution is -2.31. The van der Waals surface area contributed by atoms with Gasteiger partial charge in [0.05, 0.1) is 5.39 Å². The zero-order chi connectivity index (χ0) is 24.0. The SMILES string of the molecule is Cn1cc(-c2ccc(N3CCN(Cc4cccc(C(F)F)c4)C3=O)cc2F)c2c(N)ncnc21. The van der Waals surface area contributed by atoms with Crippen LogP contribution in [0.25, 0.3) is 22.2 Å². The first-order valence-electron chi connectivity index (χ1n) is 10.6. The van der Waals surface area contributed by atoms with Gasteiger partial charge in [0.1, 0.15) is 23.6 Å². The lowest BCUT2D eigenvalue weighted by molar-refractivity contribution is 0.151. The molecule has 0 unspecified atom stereocenters. The fourth-order valence-corrected chi connectivity index (χ4v) is 4.35. The molecule has 1 aliphatic rings. The number of urea groups is 1. The molecular weight excluding hydrogens is 445 g/mol. The van der Waals surface area contributed by atoms with Crippen molar-refractivity contribution in [1.29, 1.82) is 0 Å². The molecule has 0 aliphatic carbocycles. The van der Waals surface area contributed by atoms with Crippen molar-refractivity contribution in [2.45, 2.75) is 13.0 Å². The summed E-state index contributed by atoms with van der Waals surface area (Å²) in [4.78, 5) is 24.2. The van der Waals surface area contributed by atoms with Crippen molar-refractivity contribution in [2.75, 3.05) is 23.7 Å². The van der Waals surface area contributed by atoms with Crippen molar-refractivity contribution < 1.29 is 18.0 Å². The first kappa shape index (κ1) is 21.7. The number of halogens is 3. The number of fused-ring (bicyclic) bond motifs is 1. The van der Waals surface area contributed by atoms with Gasteiger partial charge in [-0.1, -0.05) is 18.2 Å². The van der Waals surface area contributed by atoms with Crippen molar-refractivity contribution in [3.8, 4) is 11.1 Å². The molecule has 4 aromatic rings. The van der Waals surface area contributed by atoms with Gasteiger partial charge in [-0.25, -0.2) is 27.9 Å². The minimum absolute atomic E-state index is 0.0851. The lowest BCUT2D eigenvalue weighted by atomic mass is 10.0. The molecule has 0 spiro atoms. The third kappa shape index (κ3) is 3.70. The number of carbonyl (C=O) groups is 1. The van der Waals surface area contributed by atoms with E-state index in [1.165, 1.54) is 29.4 Å². The van der Waals surface area contributed by atoms with E-state index in [-0.39, 0.29) is 24.0 Å². The number of aryl methyl sites for hydroxylation is 1. The largest absolute Gasteiger partial charge is 0.383 e. The average Bonchev–Trinajstić information content (AvgIpc) is 3.34. The van der Waals surface area contributed by atoms with Gasteiger partial charge in [0.25, 0.3) is 6.43 Å². The Morgan fingerprint density at radius 1 is 1.09 bits per heavy atom. The number of nitrogen functional groups attached to an aromatic ring is 1. The van der Waals surface area contributed by atoms with Crippen LogP contribution in [-0.4, -0.2) is 38.6 Å². The molecule has 10 heteroatoms. The van der Waals surface area contributed by atoms with Crippen LogP contribution < -0.4 is 10.6 Å². The topological polar surface area (TPSA) is 80.3 Å². The normalized spacial score (nSPS) is 14.1. The molecule has 2 N–H and O–H groups in total. The molecule has 0 saturated carbocycles. The summed E-state index contributed by atoms with van der Waals surface area (Å²) in [6, 6.07) is 10.3. The number of hydrogen-bond acceptors (Lipinski definition) is 4. The van der Waals surface area contributed by atoms with Gasteiger partial charge < -0.3 is 15.2 Å². The van der Waals surface area contributed by atoms with Gasteiger partial charge in [0.15, 0.2) is 0 Å². The van der Waals surface area contributed by atoms with Gasteiger partial charge in [-0.15, -0.1) is 0 Å². The van der Waals surface area contributed by atoms with Crippen molar-refractivity contribution in [2.24, 2.45) is 7.05 Å². The molecule has 34 heavy (non-hydrogen) atoms. The molecule has 0 atom stereocenters. The highest BCUT2D eigenvalue weighted by Gasteiger charge is 2.30. The Kier molecular flexibility index (Phi) is 5.35. The number of nitrogens with two attached hydrogens (primary N) is 1. The van der Waals surface area contributed by atoms with E-state index in [4.69, 9.17) is 5.73 Å². The van der Waals surface area contributed by atoms with Crippen LogP contribution in [0, 0.1) is 5.82 Å². The van der Waals surface area contributed by atoms with E-state index in [0.717, 1.165) is 0 Å². The third-order valence-corrected chi connectivity index (χ3v) is 6.01. The number of aromatic nitrogens is 3. The maximum absolute atomic E-state index is 15.2. The van der Waals surface area contributed by atoms with E-state index in [0.29, 0.717) is 46.5 Å². The van der Waals surface area contributed by atoms with Crippen molar-refractivity contribution in [3.05, 3.63) is 71.9 Å². The predicted molar refractivity (Wildman–Crippen MR) is 123 cm³/mol. The Morgan fingerprint density at radius 2 is 1.91 bits per heavy atom. The molecule has 2 amide bonds. The molecule has 2 aromatic carbocycles. The van der Waals surface area contributed by atoms with E-state index in [1.807, 2.05) is 0 Å². The summed E-state index contributed by atoms with van der Waals surface area (Å²) in [5.74, 6) is -0.255. The van der Waals surface area contributed by atoms with Crippen LogP contribution in [0.15, 0.2) is 55.0 Å². The number of anilines is 2. The first-order valence-corrected chi connectivity index (χ1v) is 10.6. The average molecular weight is 466 g/mol. The van der Waals surface area contributed by atoms with Crippen LogP contribution in [0.3, 0.4) is 0 Å². The minimum atomic E-state index is -2.57. The van der Waals surface area contributed by atoms with E-state index in [2.05, 4.69) is 9.97 Å². The summed E-state index contributed by atoms with van der Waals surface area (Å²) in [5.41, 5.74) is 8.45. The monoisotopic (exact) mass is 466 g/mol. The first-order chi connectivity index (χ1) is 16.3. The molecule has 1 aliphatic heterocycles. The van der Waals surface area contributed by atoms with Crippen LogP contribution in [-0.2, 0) is 13.6 Å². The van der Waals surface area contributed by atoms with Crippen molar-refractivity contribution >= 4 is 28.6 Å². The number of carbonyl (C=O) groups excluding carboxylic acids is 1. The quantitative estimate of drug-likeness (QED) is 0.461. The zero-order valence-electron chi connectivity index (χ0n) is 18.3. The van der Waals surface area contributed by atoms with Crippen LogP contribution in [0.4, 0.5) is 29.5 Å². The number of amides is 2. The summed E-state index contributed by atoms with van der Waals surface area (Å²) in [7, 11) is 1.79. The zero-order valence-corrected chi connectivity index (χ0v) is 18.3. The van der Waals surface area contributed by atoms with E-state index in [9.17, 15) is 13.6 Å². The second-order valence-corrected chi connectivity index (χ2v) is 8.18. The van der Waals surface area contributed by atoms with Crippen LogP contribution in [0.2, 0.25) is 0 Å². The smallest absolute Gasteiger partial charge is 0.324 e. The van der Waals surface area contributed by atoms with Gasteiger partial charge in [-0.3, -0.25) is 4.90 Å². The highest BCUT2D eigenvalue weighted by atomic mass is 19.3. The Hall–Kier alpha value is -4.08. The highest BCUT2D eigenvalue weighted by molar-refractivity contribution is 6.01. The standard InChI is InChI=1S/C24H21F3N6O/c1-31-12-18(20-22(28)29-13-30-23(20)31)17-6-5-16(10-19(17)25)33-8-7-32(24(33)34)11-14-3-2-4-15(9-14)21(26)27/h2-6,9-10,12-13,21H,7-8,11H2,1H3,(H2,28,29,30). The van der Waals surface area contributed by atoms with Gasteiger partial charge in [0, 0.05) is 55.3 Å². The van der Waals surface area contributed by atoms with Crippen molar-refractivity contribution in [1.82, 2.24) is 19.4 Å². The van der Waals surface area contributed by atoms with Crippen LogP contribution >= 0.6 is 0 Å². The third-order valence-electron chi connectivity index (χ3n) is 6.01. The van der Waals surface area contributed by atoms with Gasteiger partial charge >= 0.3 is 6.03 Å². The molecule has 1 fully saturated rings. The summed E-state index contributed by atoms with van der Waals surface area (Å²) in [6.07, 6.45) is 0.523. The maximum atomic E-state index is 15.2. The Labute approximate surface area is 193 Å². The van der Waals surface area contributed by atoms with Crippen LogP contribution in [0.5, 0.6) is 0 Å². The van der Waals surface area contributed by atoms with Gasteiger partial charge in [-0.05, 0) is 29.8 Å².